The van der Waals surface area contributed by atoms with Crippen LogP contribution in [0, 0.1) is 6.92 Å². The molecule has 28 heavy (non-hydrogen) atoms. The van der Waals surface area contributed by atoms with Gasteiger partial charge in [0, 0.05) is 31.7 Å². The van der Waals surface area contributed by atoms with Crippen LogP contribution < -0.4 is 15.4 Å². The maximum atomic E-state index is 13.2. The van der Waals surface area contributed by atoms with E-state index in [2.05, 4.69) is 9.97 Å². The van der Waals surface area contributed by atoms with E-state index in [-0.39, 0.29) is 17.9 Å². The van der Waals surface area contributed by atoms with Gasteiger partial charge < -0.3 is 20.3 Å². The van der Waals surface area contributed by atoms with Gasteiger partial charge in [-0.25, -0.2) is 14.8 Å². The number of halogens is 3. The highest BCUT2D eigenvalue weighted by Crippen LogP contribution is 2.33. The molecule has 3 rings (SSSR count). The van der Waals surface area contributed by atoms with E-state index in [1.54, 1.807) is 13.0 Å². The van der Waals surface area contributed by atoms with Gasteiger partial charge in [-0.2, -0.15) is 13.2 Å². The van der Waals surface area contributed by atoms with Crippen molar-refractivity contribution in [1.29, 1.82) is 0 Å². The molecule has 0 aliphatic carbocycles. The van der Waals surface area contributed by atoms with Crippen molar-refractivity contribution in [3.8, 4) is 5.75 Å². The first-order valence-corrected chi connectivity index (χ1v) is 8.65. The molecule has 0 saturated carbocycles. The second-order valence-corrected chi connectivity index (χ2v) is 6.42. The zero-order valence-corrected chi connectivity index (χ0v) is 15.2. The molecule has 0 unspecified atom stereocenters. The van der Waals surface area contributed by atoms with E-state index in [0.717, 1.165) is 6.07 Å². The molecule has 1 aliphatic heterocycles. The van der Waals surface area contributed by atoms with Crippen molar-refractivity contribution in [1.82, 2.24) is 14.9 Å². The predicted octanol–water partition coefficient (Wildman–Crippen LogP) is 2.58. The molecule has 10 heteroatoms. The van der Waals surface area contributed by atoms with Crippen LogP contribution in [0.4, 0.5) is 23.9 Å². The van der Waals surface area contributed by atoms with Crippen molar-refractivity contribution < 1.29 is 22.7 Å². The lowest BCUT2D eigenvalue weighted by molar-refractivity contribution is -0.138. The molecule has 0 atom stereocenters. The molecule has 2 N–H and O–H groups in total. The minimum Gasteiger partial charge on any atom is -0.486 e. The molecule has 1 saturated heterocycles. The van der Waals surface area contributed by atoms with Crippen LogP contribution in [0.5, 0.6) is 5.75 Å². The molecule has 1 fully saturated rings. The molecule has 7 nitrogen and oxygen atoms in total. The molecule has 0 spiro atoms. The number of nitrogens with two attached hydrogens (primary N) is 1. The van der Waals surface area contributed by atoms with Crippen molar-refractivity contribution in [3.63, 3.8) is 0 Å². The van der Waals surface area contributed by atoms with Crippen molar-refractivity contribution in [3.05, 3.63) is 47.3 Å². The van der Waals surface area contributed by atoms with Gasteiger partial charge in [0.2, 0.25) is 5.95 Å². The number of carbonyl (C=O) groups excluding carboxylic acids is 1. The number of ether oxygens (including phenoxy) is 1. The molecule has 1 aromatic heterocycles. The first kappa shape index (κ1) is 19.7. The maximum absolute atomic E-state index is 13.2. The second-order valence-electron chi connectivity index (χ2n) is 6.42. The Morgan fingerprint density at radius 1 is 1.18 bits per heavy atom. The third kappa shape index (κ3) is 4.44. The summed E-state index contributed by atoms with van der Waals surface area (Å²) in [5.41, 5.74) is 5.12. The fraction of sp³-hybridized carbons (Fsp3) is 0.389. The van der Waals surface area contributed by atoms with Crippen LogP contribution in [0.2, 0.25) is 0 Å². The smallest absolute Gasteiger partial charge is 0.416 e. The average molecular weight is 395 g/mol. The third-order valence-corrected chi connectivity index (χ3v) is 4.59. The van der Waals surface area contributed by atoms with Gasteiger partial charge in [-0.15, -0.1) is 0 Å². The molecular formula is C18H20F3N5O2. The van der Waals surface area contributed by atoms with Crippen molar-refractivity contribution in [2.75, 3.05) is 31.1 Å². The van der Waals surface area contributed by atoms with E-state index >= 15 is 0 Å². The highest BCUT2D eigenvalue weighted by molar-refractivity contribution is 5.72. The van der Waals surface area contributed by atoms with Crippen LogP contribution in [0.3, 0.4) is 0 Å². The van der Waals surface area contributed by atoms with Crippen molar-refractivity contribution in [2.24, 2.45) is 5.73 Å². The molecule has 1 aliphatic rings. The predicted molar refractivity (Wildman–Crippen MR) is 95.9 cm³/mol. The standard InChI is InChI=1S/C18H20F3N5O2/c1-12-3-2-4-15(18(19,20)21)14(12)11-28-13-9-23-17(24-10-13)26-7-5-25(6-8-26)16(22)27/h2-4,9-10H,5-8,11H2,1H3,(H2,22,27). The molecule has 150 valence electrons. The number of anilines is 1. The van der Waals surface area contributed by atoms with Gasteiger partial charge in [0.15, 0.2) is 5.75 Å². The summed E-state index contributed by atoms with van der Waals surface area (Å²) >= 11 is 0. The highest BCUT2D eigenvalue weighted by Gasteiger charge is 2.33. The van der Waals surface area contributed by atoms with E-state index in [9.17, 15) is 18.0 Å². The first-order chi connectivity index (χ1) is 13.3. The Hall–Kier alpha value is -3.04. The van der Waals surface area contributed by atoms with Crippen LogP contribution in [0.15, 0.2) is 30.6 Å². The first-order valence-electron chi connectivity index (χ1n) is 8.65. The van der Waals surface area contributed by atoms with Gasteiger partial charge >= 0.3 is 12.2 Å². The molecule has 0 radical (unpaired) electrons. The number of aromatic nitrogens is 2. The number of alkyl halides is 3. The Balaban J connectivity index is 1.64. The summed E-state index contributed by atoms with van der Waals surface area (Å²) in [7, 11) is 0. The minimum absolute atomic E-state index is 0.0849. The van der Waals surface area contributed by atoms with Gasteiger partial charge in [0.05, 0.1) is 18.0 Å². The number of carbonyl (C=O) groups is 1. The van der Waals surface area contributed by atoms with E-state index in [1.165, 1.54) is 23.4 Å². The number of nitrogens with zero attached hydrogens (tertiary/aromatic N) is 4. The lowest BCUT2D eigenvalue weighted by atomic mass is 10.0. The Morgan fingerprint density at radius 3 is 2.39 bits per heavy atom. The monoisotopic (exact) mass is 395 g/mol. The summed E-state index contributed by atoms with van der Waals surface area (Å²) in [6, 6.07) is 3.56. The summed E-state index contributed by atoms with van der Waals surface area (Å²) in [6.45, 7) is 3.41. The fourth-order valence-electron chi connectivity index (χ4n) is 2.99. The van der Waals surface area contributed by atoms with E-state index < -0.39 is 17.8 Å². The Kier molecular flexibility index (Phi) is 5.57. The van der Waals surface area contributed by atoms with E-state index in [0.29, 0.717) is 37.7 Å². The van der Waals surface area contributed by atoms with Crippen LogP contribution in [-0.2, 0) is 12.8 Å². The largest absolute Gasteiger partial charge is 0.486 e. The van der Waals surface area contributed by atoms with Crippen molar-refractivity contribution >= 4 is 12.0 Å². The molecular weight excluding hydrogens is 375 g/mol. The Labute approximate surface area is 159 Å². The molecule has 1 aromatic carbocycles. The van der Waals surface area contributed by atoms with Crippen LogP contribution in [-0.4, -0.2) is 47.1 Å². The number of benzene rings is 1. The van der Waals surface area contributed by atoms with Gasteiger partial charge in [-0.3, -0.25) is 0 Å². The maximum Gasteiger partial charge on any atom is 0.416 e. The number of hydrogen-bond donors (Lipinski definition) is 1. The molecule has 2 amide bonds. The number of rotatable bonds is 4. The van der Waals surface area contributed by atoms with Gasteiger partial charge in [-0.05, 0) is 18.6 Å². The summed E-state index contributed by atoms with van der Waals surface area (Å²) in [6.07, 6.45) is -1.60. The zero-order valence-electron chi connectivity index (χ0n) is 15.2. The SMILES string of the molecule is Cc1cccc(C(F)(F)F)c1COc1cnc(N2CCN(C(N)=O)CC2)nc1. The van der Waals surface area contributed by atoms with Gasteiger partial charge in [-0.1, -0.05) is 12.1 Å². The summed E-state index contributed by atoms with van der Waals surface area (Å²) in [5.74, 6) is 0.735. The number of aryl methyl sites for hydroxylation is 1. The number of hydrogen-bond acceptors (Lipinski definition) is 5. The third-order valence-electron chi connectivity index (χ3n) is 4.59. The average Bonchev–Trinajstić information content (AvgIpc) is 2.66. The number of amides is 2. The minimum atomic E-state index is -4.45. The van der Waals surface area contributed by atoms with Crippen LogP contribution >= 0.6 is 0 Å². The van der Waals surface area contributed by atoms with E-state index in [4.69, 9.17) is 10.5 Å². The van der Waals surface area contributed by atoms with Crippen LogP contribution in [0.1, 0.15) is 16.7 Å². The Bertz CT molecular complexity index is 834. The van der Waals surface area contributed by atoms with Crippen molar-refractivity contribution in [2.45, 2.75) is 19.7 Å². The van der Waals surface area contributed by atoms with Gasteiger partial charge in [0.25, 0.3) is 0 Å². The number of primary amides is 1. The normalized spacial score (nSPS) is 14.9. The number of piperazine rings is 1. The topological polar surface area (TPSA) is 84.6 Å². The van der Waals surface area contributed by atoms with E-state index in [1.807, 2.05) is 4.90 Å². The molecule has 0 bridgehead atoms. The summed E-state index contributed by atoms with van der Waals surface area (Å²) in [5, 5.41) is 0. The lowest BCUT2D eigenvalue weighted by Gasteiger charge is -2.33. The number of urea groups is 1. The van der Waals surface area contributed by atoms with Crippen LogP contribution in [0.25, 0.3) is 0 Å². The fourth-order valence-corrected chi connectivity index (χ4v) is 2.99. The summed E-state index contributed by atoms with van der Waals surface area (Å²) < 4.78 is 45.0. The quantitative estimate of drug-likeness (QED) is 0.860. The van der Waals surface area contributed by atoms with Gasteiger partial charge in [0.1, 0.15) is 6.61 Å². The highest BCUT2D eigenvalue weighted by atomic mass is 19.4. The zero-order chi connectivity index (χ0) is 20.3. The molecule has 2 heterocycles. The Morgan fingerprint density at radius 2 is 1.82 bits per heavy atom. The summed E-state index contributed by atoms with van der Waals surface area (Å²) in [4.78, 5) is 23.0. The lowest BCUT2D eigenvalue weighted by Crippen LogP contribution is -2.50. The molecule has 2 aromatic rings. The second kappa shape index (κ2) is 7.91.